The Hall–Kier alpha value is -1.79. The minimum atomic E-state index is 0.285. The lowest BCUT2D eigenvalue weighted by molar-refractivity contribution is 0.552. The summed E-state index contributed by atoms with van der Waals surface area (Å²) in [7, 11) is 0. The van der Waals surface area contributed by atoms with Crippen LogP contribution in [0, 0.1) is 11.8 Å². The summed E-state index contributed by atoms with van der Waals surface area (Å²) >= 11 is 6.51. The molecule has 0 atom stereocenters. The quantitative estimate of drug-likeness (QED) is 0.729. The van der Waals surface area contributed by atoms with Gasteiger partial charge in [-0.2, -0.15) is 0 Å². The maximum atomic E-state index is 5.40. The Morgan fingerprint density at radius 3 is 2.90 bits per heavy atom. The second-order valence-electron chi connectivity index (χ2n) is 4.44. The zero-order chi connectivity index (χ0) is 14.1. The normalized spacial score (nSPS) is 10.9. The third-order valence-corrected chi connectivity index (χ3v) is 4.24. The Balaban J connectivity index is 2.11. The fourth-order valence-corrected chi connectivity index (χ4v) is 3.19. The number of nitrogens with zero attached hydrogens (tertiary/aromatic N) is 2. The number of aromatic amines is 1. The van der Waals surface area contributed by atoms with Gasteiger partial charge in [0.25, 0.3) is 10.7 Å². The number of nitrogens with one attached hydrogen (secondary N) is 1. The highest BCUT2D eigenvalue weighted by Gasteiger charge is 2.16. The van der Waals surface area contributed by atoms with Crippen molar-refractivity contribution >= 4 is 23.6 Å². The van der Waals surface area contributed by atoms with Gasteiger partial charge in [0, 0.05) is 5.56 Å². The molecule has 2 aromatic heterocycles. The molecule has 0 saturated heterocycles. The number of hydrogen-bond acceptors (Lipinski definition) is 5. The average Bonchev–Trinajstić information content (AvgIpc) is 3.04. The van der Waals surface area contributed by atoms with Crippen molar-refractivity contribution in [1.29, 1.82) is 0 Å². The first-order valence-electron chi connectivity index (χ1n) is 6.30. The smallest absolute Gasteiger partial charge is 0.284 e. The molecule has 0 amide bonds. The third kappa shape index (κ3) is 2.44. The summed E-state index contributed by atoms with van der Waals surface area (Å²) in [5.41, 5.74) is 3.32. The van der Waals surface area contributed by atoms with Crippen LogP contribution in [0.4, 0.5) is 0 Å². The van der Waals surface area contributed by atoms with Gasteiger partial charge in [0.2, 0.25) is 0 Å². The maximum Gasteiger partial charge on any atom is 0.284 e. The van der Waals surface area contributed by atoms with E-state index < -0.39 is 0 Å². The lowest BCUT2D eigenvalue weighted by Gasteiger charge is -1.96. The molecule has 0 spiro atoms. The van der Waals surface area contributed by atoms with Crippen molar-refractivity contribution in [3.63, 3.8) is 0 Å². The van der Waals surface area contributed by atoms with E-state index in [-0.39, 0.29) is 4.84 Å². The van der Waals surface area contributed by atoms with E-state index in [0.29, 0.717) is 5.89 Å². The van der Waals surface area contributed by atoms with Crippen molar-refractivity contribution in [1.82, 2.24) is 15.2 Å². The monoisotopic (exact) mass is 303 g/mol. The fraction of sp³-hybridized carbons (Fsp3) is 0.214. The summed E-state index contributed by atoms with van der Waals surface area (Å²) in [6, 6.07) is 8.31. The Morgan fingerprint density at radius 2 is 2.25 bits per heavy atom. The number of H-pyrrole nitrogens is 1. The number of aryl methyl sites for hydroxylation is 2. The van der Waals surface area contributed by atoms with Gasteiger partial charge in [-0.15, -0.1) is 16.4 Å². The Kier molecular flexibility index (Phi) is 3.50. The Labute approximate surface area is 125 Å². The molecule has 6 heteroatoms. The first kappa shape index (κ1) is 13.2. The number of aromatic nitrogens is 3. The maximum absolute atomic E-state index is 5.40. The molecule has 2 heterocycles. The largest absolute Gasteiger partial charge is 0.408 e. The van der Waals surface area contributed by atoms with Gasteiger partial charge in [-0.3, -0.25) is 0 Å². The molecular formula is C14H13N3OS2. The molecule has 0 aliphatic carbocycles. The number of hydrogen-bond donors (Lipinski definition) is 1. The molecule has 0 unspecified atom stereocenters. The molecule has 3 rings (SSSR count). The summed E-state index contributed by atoms with van der Waals surface area (Å²) in [6.45, 7) is 4.14. The summed E-state index contributed by atoms with van der Waals surface area (Å²) in [5.74, 6) is 0.517. The minimum absolute atomic E-state index is 0.285. The van der Waals surface area contributed by atoms with E-state index in [2.05, 4.69) is 42.2 Å². The van der Waals surface area contributed by atoms with Gasteiger partial charge in [-0.05, 0) is 31.6 Å². The summed E-state index contributed by atoms with van der Waals surface area (Å²) in [4.78, 5) is 5.92. The van der Waals surface area contributed by atoms with Crippen LogP contribution in [0.25, 0.3) is 21.3 Å². The average molecular weight is 303 g/mol. The predicted octanol–water partition coefficient (Wildman–Crippen LogP) is 4.39. The molecule has 1 N–H and O–H groups in total. The van der Waals surface area contributed by atoms with E-state index in [0.717, 1.165) is 27.6 Å². The molecular weight excluding hydrogens is 290 g/mol. The van der Waals surface area contributed by atoms with Crippen LogP contribution in [-0.2, 0) is 6.42 Å². The molecule has 0 fully saturated rings. The van der Waals surface area contributed by atoms with E-state index in [4.69, 9.17) is 21.6 Å². The highest BCUT2D eigenvalue weighted by atomic mass is 32.1. The van der Waals surface area contributed by atoms with Crippen LogP contribution in [0.3, 0.4) is 0 Å². The van der Waals surface area contributed by atoms with Crippen molar-refractivity contribution in [2.75, 3.05) is 0 Å². The number of benzene rings is 1. The minimum Gasteiger partial charge on any atom is -0.408 e. The van der Waals surface area contributed by atoms with Crippen molar-refractivity contribution in [3.8, 4) is 21.3 Å². The zero-order valence-electron chi connectivity index (χ0n) is 11.1. The number of rotatable bonds is 3. The van der Waals surface area contributed by atoms with Gasteiger partial charge in [-0.25, -0.2) is 10.1 Å². The van der Waals surface area contributed by atoms with Gasteiger partial charge >= 0.3 is 0 Å². The van der Waals surface area contributed by atoms with Crippen molar-refractivity contribution in [2.24, 2.45) is 0 Å². The highest BCUT2D eigenvalue weighted by Crippen LogP contribution is 2.35. The lowest BCUT2D eigenvalue weighted by atomic mass is 10.1. The van der Waals surface area contributed by atoms with Crippen molar-refractivity contribution < 1.29 is 4.42 Å². The van der Waals surface area contributed by atoms with E-state index in [9.17, 15) is 0 Å². The van der Waals surface area contributed by atoms with Crippen LogP contribution in [-0.4, -0.2) is 15.2 Å². The number of thiazole rings is 1. The second-order valence-corrected chi connectivity index (χ2v) is 5.81. The van der Waals surface area contributed by atoms with Crippen molar-refractivity contribution in [3.05, 3.63) is 40.4 Å². The second kappa shape index (κ2) is 5.30. The first-order chi connectivity index (χ1) is 9.67. The van der Waals surface area contributed by atoms with Crippen LogP contribution in [0.5, 0.6) is 0 Å². The molecule has 4 nitrogen and oxygen atoms in total. The van der Waals surface area contributed by atoms with Gasteiger partial charge < -0.3 is 4.42 Å². The summed E-state index contributed by atoms with van der Waals surface area (Å²) in [5, 5.41) is 7.72. The molecule has 102 valence electrons. The third-order valence-electron chi connectivity index (χ3n) is 2.93. The van der Waals surface area contributed by atoms with E-state index in [1.54, 1.807) is 11.3 Å². The molecule has 0 radical (unpaired) electrons. The molecule has 3 aromatic rings. The predicted molar refractivity (Wildman–Crippen MR) is 82.3 cm³/mol. The standard InChI is InChI=1S/C14H13N3OS2/c1-3-10-11(12-16-17-14(19)18-12)20-13(15-10)9-6-4-5-8(2)7-9/h4-7H,3H2,1-2H3,(H,17,19). The van der Waals surface area contributed by atoms with Gasteiger partial charge in [0.1, 0.15) is 9.88 Å². The summed E-state index contributed by atoms with van der Waals surface area (Å²) < 4.78 is 5.40. The first-order valence-corrected chi connectivity index (χ1v) is 7.52. The molecule has 0 aliphatic rings. The molecule has 0 saturated carbocycles. The molecule has 1 aromatic carbocycles. The molecule has 0 aliphatic heterocycles. The topological polar surface area (TPSA) is 54.7 Å². The zero-order valence-corrected chi connectivity index (χ0v) is 12.8. The van der Waals surface area contributed by atoms with E-state index in [1.165, 1.54) is 5.56 Å². The fourth-order valence-electron chi connectivity index (χ4n) is 1.99. The van der Waals surface area contributed by atoms with Crippen LogP contribution in [0.1, 0.15) is 18.2 Å². The molecule has 20 heavy (non-hydrogen) atoms. The van der Waals surface area contributed by atoms with Crippen LogP contribution < -0.4 is 0 Å². The highest BCUT2D eigenvalue weighted by molar-refractivity contribution is 7.71. The van der Waals surface area contributed by atoms with Gasteiger partial charge in [0.05, 0.1) is 5.69 Å². The van der Waals surface area contributed by atoms with Crippen LogP contribution in [0.15, 0.2) is 28.7 Å². The Morgan fingerprint density at radius 1 is 1.40 bits per heavy atom. The van der Waals surface area contributed by atoms with Gasteiger partial charge in [0.15, 0.2) is 0 Å². The Bertz CT molecular complexity index is 801. The molecule has 0 bridgehead atoms. The van der Waals surface area contributed by atoms with E-state index in [1.807, 2.05) is 6.07 Å². The summed E-state index contributed by atoms with van der Waals surface area (Å²) in [6.07, 6.45) is 0.826. The van der Waals surface area contributed by atoms with Crippen molar-refractivity contribution in [2.45, 2.75) is 20.3 Å². The van der Waals surface area contributed by atoms with Crippen LogP contribution in [0.2, 0.25) is 0 Å². The van der Waals surface area contributed by atoms with Crippen LogP contribution >= 0.6 is 23.6 Å². The van der Waals surface area contributed by atoms with Gasteiger partial charge in [-0.1, -0.05) is 30.7 Å². The lowest BCUT2D eigenvalue weighted by Crippen LogP contribution is -1.85. The van der Waals surface area contributed by atoms with E-state index >= 15 is 0 Å². The SMILES string of the molecule is CCc1nc(-c2cccc(C)c2)sc1-c1n[nH]c(=S)o1.